The summed E-state index contributed by atoms with van der Waals surface area (Å²) >= 11 is 0. The first kappa shape index (κ1) is 21.9. The highest BCUT2D eigenvalue weighted by molar-refractivity contribution is 6.11. The smallest absolute Gasteiger partial charge is 0.389 e. The van der Waals surface area contributed by atoms with Gasteiger partial charge in [0.05, 0.1) is 22.2 Å². The number of aliphatic hydroxyl groups is 1. The minimum absolute atomic E-state index is 0.107. The fraction of sp³-hybridized carbons (Fsp3) is 0.240. The summed E-state index contributed by atoms with van der Waals surface area (Å²) in [4.78, 5) is 12.6. The number of aromatic nitrogens is 1. The van der Waals surface area contributed by atoms with Crippen LogP contribution < -0.4 is 5.32 Å². The van der Waals surface area contributed by atoms with Crippen molar-refractivity contribution >= 4 is 27.7 Å². The highest BCUT2D eigenvalue weighted by Gasteiger charge is 2.30. The van der Waals surface area contributed by atoms with E-state index in [-0.39, 0.29) is 12.5 Å². The second-order valence-electron chi connectivity index (χ2n) is 8.63. The van der Waals surface area contributed by atoms with Crippen molar-refractivity contribution < 1.29 is 23.1 Å². The van der Waals surface area contributed by atoms with E-state index >= 15 is 0 Å². The quantitative estimate of drug-likeness (QED) is 0.433. The zero-order chi connectivity index (χ0) is 23.3. The van der Waals surface area contributed by atoms with E-state index in [9.17, 15) is 23.1 Å². The molecule has 0 radical (unpaired) electrons. The van der Waals surface area contributed by atoms with Crippen LogP contribution in [0.3, 0.4) is 0 Å². The lowest BCUT2D eigenvalue weighted by Crippen LogP contribution is -2.38. The summed E-state index contributed by atoms with van der Waals surface area (Å²) in [5.41, 5.74) is 1.94. The number of fused-ring (bicyclic) bond motifs is 3. The average molecular weight is 440 g/mol. The lowest BCUT2D eigenvalue weighted by Gasteiger charge is -2.17. The van der Waals surface area contributed by atoms with Crippen LogP contribution in [-0.4, -0.2) is 27.7 Å². The Kier molecular flexibility index (Phi) is 5.25. The van der Waals surface area contributed by atoms with Crippen LogP contribution in [0, 0.1) is 6.92 Å². The largest absolute Gasteiger partial charge is 0.416 e. The van der Waals surface area contributed by atoms with E-state index < -0.39 is 17.3 Å². The standard InChI is InChI=1S/C25H23F3N2O2/c1-15-4-10-21-19(12-15)20-13-16(23(31)29-14-24(2,3)32)5-11-22(20)30(21)18-8-6-17(7-9-18)25(26,27)28/h4-13,32H,14H2,1-3H3,(H,29,31). The van der Waals surface area contributed by atoms with Crippen LogP contribution in [0.2, 0.25) is 0 Å². The monoisotopic (exact) mass is 440 g/mol. The lowest BCUT2D eigenvalue weighted by atomic mass is 10.1. The summed E-state index contributed by atoms with van der Waals surface area (Å²) in [5, 5.41) is 14.3. The van der Waals surface area contributed by atoms with Gasteiger partial charge in [-0.05, 0) is 75.4 Å². The molecule has 166 valence electrons. The number of carbonyl (C=O) groups excluding carboxylic acids is 1. The number of rotatable bonds is 4. The Morgan fingerprint density at radius 3 is 2.12 bits per heavy atom. The molecule has 4 rings (SSSR count). The molecule has 0 saturated carbocycles. The van der Waals surface area contributed by atoms with E-state index in [4.69, 9.17) is 0 Å². The highest BCUT2D eigenvalue weighted by Crippen LogP contribution is 2.35. The molecule has 0 unspecified atom stereocenters. The van der Waals surface area contributed by atoms with Gasteiger partial charge >= 0.3 is 6.18 Å². The molecule has 0 bridgehead atoms. The van der Waals surface area contributed by atoms with Gasteiger partial charge in [-0.1, -0.05) is 11.6 Å². The van der Waals surface area contributed by atoms with Crippen LogP contribution >= 0.6 is 0 Å². The van der Waals surface area contributed by atoms with Gasteiger partial charge in [0.15, 0.2) is 0 Å². The molecular weight excluding hydrogens is 417 g/mol. The van der Waals surface area contributed by atoms with Crippen LogP contribution in [0.1, 0.15) is 35.3 Å². The molecule has 0 spiro atoms. The zero-order valence-electron chi connectivity index (χ0n) is 17.9. The molecule has 0 aliphatic rings. The van der Waals surface area contributed by atoms with Crippen molar-refractivity contribution in [1.29, 1.82) is 0 Å². The molecule has 4 aromatic rings. The molecule has 1 amide bonds. The second kappa shape index (κ2) is 7.67. The van der Waals surface area contributed by atoms with Gasteiger partial charge in [-0.25, -0.2) is 0 Å². The van der Waals surface area contributed by atoms with Crippen LogP contribution in [0.5, 0.6) is 0 Å². The number of nitrogens with zero attached hydrogens (tertiary/aromatic N) is 1. The number of hydrogen-bond donors (Lipinski definition) is 2. The Hall–Kier alpha value is -3.32. The SMILES string of the molecule is Cc1ccc2c(c1)c1cc(C(=O)NCC(C)(C)O)ccc1n2-c1ccc(C(F)(F)F)cc1. The molecular formula is C25H23F3N2O2. The number of amides is 1. The number of alkyl halides is 3. The Morgan fingerprint density at radius 2 is 1.53 bits per heavy atom. The maximum absolute atomic E-state index is 13.0. The number of benzene rings is 3. The number of carbonyl (C=O) groups is 1. The van der Waals surface area contributed by atoms with Crippen molar-refractivity contribution in [2.75, 3.05) is 6.54 Å². The third-order valence-electron chi connectivity index (χ3n) is 5.32. The highest BCUT2D eigenvalue weighted by atomic mass is 19.4. The van der Waals surface area contributed by atoms with Crippen LogP contribution in [0.4, 0.5) is 13.2 Å². The van der Waals surface area contributed by atoms with Crippen LogP contribution in [0.25, 0.3) is 27.5 Å². The number of halogens is 3. The van der Waals surface area contributed by atoms with Crippen molar-refractivity contribution in [1.82, 2.24) is 9.88 Å². The van der Waals surface area contributed by atoms with E-state index in [2.05, 4.69) is 5.32 Å². The van der Waals surface area contributed by atoms with Crippen molar-refractivity contribution in [2.24, 2.45) is 0 Å². The number of aryl methyl sites for hydroxylation is 1. The van der Waals surface area contributed by atoms with E-state index in [0.717, 1.165) is 39.5 Å². The molecule has 32 heavy (non-hydrogen) atoms. The number of hydrogen-bond acceptors (Lipinski definition) is 2. The van der Waals surface area contributed by atoms with E-state index in [0.29, 0.717) is 11.3 Å². The predicted octanol–water partition coefficient (Wildman–Crippen LogP) is 5.61. The van der Waals surface area contributed by atoms with Crippen LogP contribution in [-0.2, 0) is 6.18 Å². The maximum atomic E-state index is 13.0. The molecule has 1 aromatic heterocycles. The molecule has 1 heterocycles. The summed E-state index contributed by atoms with van der Waals surface area (Å²) in [5.74, 6) is -0.308. The van der Waals surface area contributed by atoms with Gasteiger partial charge < -0.3 is 15.0 Å². The summed E-state index contributed by atoms with van der Waals surface area (Å²) in [6.07, 6.45) is -4.40. The molecule has 3 aromatic carbocycles. The molecule has 2 N–H and O–H groups in total. The molecule has 4 nitrogen and oxygen atoms in total. The van der Waals surface area contributed by atoms with E-state index in [1.807, 2.05) is 29.7 Å². The normalized spacial score (nSPS) is 12.5. The van der Waals surface area contributed by atoms with E-state index in [1.54, 1.807) is 32.0 Å². The summed E-state index contributed by atoms with van der Waals surface area (Å²) in [6.45, 7) is 5.28. The Bertz CT molecular complexity index is 1310. The molecule has 0 aliphatic carbocycles. The van der Waals surface area contributed by atoms with Crippen molar-refractivity contribution in [2.45, 2.75) is 32.5 Å². The van der Waals surface area contributed by atoms with Gasteiger partial charge in [-0.2, -0.15) is 13.2 Å². The first-order valence-electron chi connectivity index (χ1n) is 10.2. The molecule has 7 heteroatoms. The molecule has 0 aliphatic heterocycles. The van der Waals surface area contributed by atoms with Crippen LogP contribution in [0.15, 0.2) is 60.7 Å². The first-order chi connectivity index (χ1) is 14.9. The third kappa shape index (κ3) is 4.21. The second-order valence-corrected chi connectivity index (χ2v) is 8.63. The van der Waals surface area contributed by atoms with Gasteiger partial charge in [0.2, 0.25) is 0 Å². The van der Waals surface area contributed by atoms with Gasteiger partial charge in [0.1, 0.15) is 0 Å². The summed E-state index contributed by atoms with van der Waals surface area (Å²) in [7, 11) is 0. The topological polar surface area (TPSA) is 54.3 Å². The average Bonchev–Trinajstić information content (AvgIpc) is 3.04. The summed E-state index contributed by atoms with van der Waals surface area (Å²) in [6, 6.07) is 16.1. The van der Waals surface area contributed by atoms with Gasteiger partial charge in [0.25, 0.3) is 5.91 Å². The predicted molar refractivity (Wildman–Crippen MR) is 119 cm³/mol. The fourth-order valence-electron chi connectivity index (χ4n) is 3.75. The molecule has 0 fully saturated rings. The fourth-order valence-corrected chi connectivity index (χ4v) is 3.75. The van der Waals surface area contributed by atoms with Crippen molar-refractivity contribution in [3.05, 3.63) is 77.4 Å². The van der Waals surface area contributed by atoms with Gasteiger partial charge in [-0.3, -0.25) is 4.79 Å². The minimum atomic E-state index is -4.40. The molecule has 0 saturated heterocycles. The van der Waals surface area contributed by atoms with Crippen molar-refractivity contribution in [3.8, 4) is 5.69 Å². The van der Waals surface area contributed by atoms with Crippen molar-refractivity contribution in [3.63, 3.8) is 0 Å². The zero-order valence-corrected chi connectivity index (χ0v) is 17.9. The Morgan fingerprint density at radius 1 is 0.938 bits per heavy atom. The van der Waals surface area contributed by atoms with E-state index in [1.165, 1.54) is 12.1 Å². The molecule has 0 atom stereocenters. The number of nitrogens with one attached hydrogen (secondary N) is 1. The maximum Gasteiger partial charge on any atom is 0.416 e. The van der Waals surface area contributed by atoms with Gasteiger partial charge in [0, 0.05) is 28.6 Å². The minimum Gasteiger partial charge on any atom is -0.389 e. The third-order valence-corrected chi connectivity index (χ3v) is 5.32. The van der Waals surface area contributed by atoms with Gasteiger partial charge in [-0.15, -0.1) is 0 Å². The lowest BCUT2D eigenvalue weighted by molar-refractivity contribution is -0.137. The summed E-state index contributed by atoms with van der Waals surface area (Å²) < 4.78 is 40.9. The first-order valence-corrected chi connectivity index (χ1v) is 10.2. The Balaban J connectivity index is 1.86. The Labute approximate surface area is 183 Å².